The van der Waals surface area contributed by atoms with E-state index in [0.29, 0.717) is 15.7 Å². The second-order valence-corrected chi connectivity index (χ2v) is 12.5. The van der Waals surface area contributed by atoms with E-state index in [4.69, 9.17) is 46.4 Å². The van der Waals surface area contributed by atoms with E-state index in [9.17, 15) is 13.2 Å². The second-order valence-electron chi connectivity index (χ2n) is 8.98. The summed E-state index contributed by atoms with van der Waals surface area (Å²) in [4.78, 5) is 13.0. The van der Waals surface area contributed by atoms with Crippen molar-refractivity contribution in [2.75, 3.05) is 10.8 Å². The van der Waals surface area contributed by atoms with Crippen molar-refractivity contribution in [2.45, 2.75) is 25.7 Å². The second kappa shape index (κ2) is 12.2. The van der Waals surface area contributed by atoms with E-state index in [1.165, 1.54) is 36.5 Å². The molecular weight excluding hydrogens is 614 g/mol. The van der Waals surface area contributed by atoms with Gasteiger partial charge in [-0.1, -0.05) is 70.2 Å². The fraction of sp³-hybridized carbons (Fsp3) is 0.143. The first-order valence-electron chi connectivity index (χ1n) is 11.9. The molecule has 7 nitrogen and oxygen atoms in total. The van der Waals surface area contributed by atoms with E-state index < -0.39 is 22.5 Å². The summed E-state index contributed by atoms with van der Waals surface area (Å²) >= 11 is 24.9. The van der Waals surface area contributed by atoms with E-state index in [1.54, 1.807) is 24.3 Å². The molecule has 0 bridgehead atoms. The highest BCUT2D eigenvalue weighted by Crippen LogP contribution is 2.32. The van der Waals surface area contributed by atoms with Crippen LogP contribution in [0.3, 0.4) is 0 Å². The molecule has 0 aliphatic rings. The lowest BCUT2D eigenvalue weighted by Gasteiger charge is -2.24. The molecule has 0 aliphatic carbocycles. The first kappa shape index (κ1) is 30.0. The molecule has 0 saturated carbocycles. The van der Waals surface area contributed by atoms with Crippen molar-refractivity contribution in [3.63, 3.8) is 0 Å². The van der Waals surface area contributed by atoms with Gasteiger partial charge in [0.25, 0.3) is 15.9 Å². The molecule has 0 fully saturated rings. The molecule has 0 atom stereocenters. The zero-order chi connectivity index (χ0) is 29.2. The zero-order valence-electron chi connectivity index (χ0n) is 21.6. The number of nitrogens with one attached hydrogen (secondary N) is 1. The van der Waals surface area contributed by atoms with Crippen molar-refractivity contribution in [1.29, 1.82) is 0 Å². The Labute approximate surface area is 253 Å². The van der Waals surface area contributed by atoms with Crippen molar-refractivity contribution in [2.24, 2.45) is 5.10 Å². The highest BCUT2D eigenvalue weighted by Gasteiger charge is 2.28. The maximum Gasteiger partial charge on any atom is 0.264 e. The molecule has 40 heavy (non-hydrogen) atoms. The van der Waals surface area contributed by atoms with Gasteiger partial charge in [-0.25, -0.2) is 13.8 Å². The van der Waals surface area contributed by atoms with Crippen LogP contribution in [0.5, 0.6) is 0 Å². The summed E-state index contributed by atoms with van der Waals surface area (Å²) in [6.07, 6.45) is 1.48. The van der Waals surface area contributed by atoms with Crippen LogP contribution in [0.25, 0.3) is 5.69 Å². The number of sulfonamides is 1. The molecule has 0 spiro atoms. The Hall–Kier alpha value is -3.01. The van der Waals surface area contributed by atoms with E-state index in [-0.39, 0.29) is 20.6 Å². The number of anilines is 1. The van der Waals surface area contributed by atoms with Crippen LogP contribution in [-0.2, 0) is 14.8 Å². The van der Waals surface area contributed by atoms with Crippen LogP contribution in [0.4, 0.5) is 5.69 Å². The zero-order valence-corrected chi connectivity index (χ0v) is 25.5. The lowest BCUT2D eigenvalue weighted by Crippen LogP contribution is -2.39. The van der Waals surface area contributed by atoms with Crippen molar-refractivity contribution in [1.82, 2.24) is 9.99 Å². The predicted molar refractivity (Wildman–Crippen MR) is 163 cm³/mol. The molecule has 3 aromatic carbocycles. The molecule has 0 radical (unpaired) electrons. The third kappa shape index (κ3) is 6.48. The van der Waals surface area contributed by atoms with Crippen LogP contribution >= 0.6 is 46.4 Å². The fourth-order valence-corrected chi connectivity index (χ4v) is 6.43. The highest BCUT2D eigenvalue weighted by molar-refractivity contribution is 7.92. The van der Waals surface area contributed by atoms with Gasteiger partial charge in [-0.15, -0.1) is 0 Å². The molecule has 1 N–H and O–H groups in total. The van der Waals surface area contributed by atoms with Gasteiger partial charge in [-0.2, -0.15) is 5.10 Å². The van der Waals surface area contributed by atoms with Gasteiger partial charge in [0.2, 0.25) is 0 Å². The number of hydrogen-bond acceptors (Lipinski definition) is 4. The van der Waals surface area contributed by atoms with Crippen molar-refractivity contribution in [3.8, 4) is 5.69 Å². The number of amides is 1. The molecule has 0 aliphatic heterocycles. The minimum absolute atomic E-state index is 0.0117. The fourth-order valence-electron chi connectivity index (χ4n) is 4.13. The number of nitrogens with zero attached hydrogens (tertiary/aromatic N) is 3. The number of benzene rings is 3. The highest BCUT2D eigenvalue weighted by atomic mass is 35.5. The van der Waals surface area contributed by atoms with Gasteiger partial charge in [-0.3, -0.25) is 9.10 Å². The topological polar surface area (TPSA) is 83.8 Å². The van der Waals surface area contributed by atoms with Crippen LogP contribution in [0.15, 0.2) is 76.7 Å². The molecule has 1 heterocycles. The molecule has 4 rings (SSSR count). The Bertz CT molecular complexity index is 1700. The molecule has 0 saturated heterocycles. The summed E-state index contributed by atoms with van der Waals surface area (Å²) in [5.41, 5.74) is 6.57. The van der Waals surface area contributed by atoms with Crippen LogP contribution < -0.4 is 9.73 Å². The van der Waals surface area contributed by atoms with E-state index in [0.717, 1.165) is 26.8 Å². The standard InChI is InChI=1S/C28H24Cl4N4O3S/c1-17-7-9-24(10-8-17)40(38,39)35(23-13-21(29)12-22(30)14-23)16-27(37)34-33-15-20-11-18(2)36(19(20)3)26-6-4-5-25(31)28(26)32/h4-15H,16H2,1-3H3,(H,34,37)/b33-15+. The van der Waals surface area contributed by atoms with Gasteiger partial charge < -0.3 is 4.57 Å². The Kier molecular flexibility index (Phi) is 9.17. The van der Waals surface area contributed by atoms with Crippen LogP contribution in [0.2, 0.25) is 20.1 Å². The number of aromatic nitrogens is 1. The first-order chi connectivity index (χ1) is 18.9. The van der Waals surface area contributed by atoms with Gasteiger partial charge in [-0.05, 0) is 69.3 Å². The number of carbonyl (C=O) groups is 1. The number of carbonyl (C=O) groups excluding carboxylic acids is 1. The largest absolute Gasteiger partial charge is 0.316 e. The summed E-state index contributed by atoms with van der Waals surface area (Å²) in [6.45, 7) is 5.06. The summed E-state index contributed by atoms with van der Waals surface area (Å²) < 4.78 is 30.0. The van der Waals surface area contributed by atoms with Gasteiger partial charge in [0.15, 0.2) is 0 Å². The predicted octanol–water partition coefficient (Wildman–Crippen LogP) is 7.36. The summed E-state index contributed by atoms with van der Waals surface area (Å²) in [6, 6.07) is 17.9. The van der Waals surface area contributed by atoms with E-state index >= 15 is 0 Å². The number of halogens is 4. The quantitative estimate of drug-likeness (QED) is 0.162. The average Bonchev–Trinajstić information content (AvgIpc) is 3.16. The molecule has 4 aromatic rings. The normalized spacial score (nSPS) is 11.7. The lowest BCUT2D eigenvalue weighted by molar-refractivity contribution is -0.119. The van der Waals surface area contributed by atoms with Crippen molar-refractivity contribution < 1.29 is 13.2 Å². The Balaban J connectivity index is 1.59. The smallest absolute Gasteiger partial charge is 0.264 e. The van der Waals surface area contributed by atoms with Crippen molar-refractivity contribution in [3.05, 3.63) is 109 Å². The minimum Gasteiger partial charge on any atom is -0.316 e. The molecule has 1 aromatic heterocycles. The number of hydrazone groups is 1. The Morgan fingerprint density at radius 2 is 1.60 bits per heavy atom. The summed E-state index contributed by atoms with van der Waals surface area (Å²) in [5, 5.41) is 5.36. The average molecular weight is 638 g/mol. The summed E-state index contributed by atoms with van der Waals surface area (Å²) in [5.74, 6) is -0.672. The first-order valence-corrected chi connectivity index (χ1v) is 14.8. The van der Waals surface area contributed by atoms with E-state index in [1.807, 2.05) is 37.5 Å². The van der Waals surface area contributed by atoms with Gasteiger partial charge in [0.05, 0.1) is 32.5 Å². The van der Waals surface area contributed by atoms with Gasteiger partial charge >= 0.3 is 0 Å². The molecule has 0 unspecified atom stereocenters. The molecule has 208 valence electrons. The summed E-state index contributed by atoms with van der Waals surface area (Å²) in [7, 11) is -4.15. The maximum atomic E-state index is 13.6. The Morgan fingerprint density at radius 1 is 0.950 bits per heavy atom. The van der Waals surface area contributed by atoms with Gasteiger partial charge in [0.1, 0.15) is 6.54 Å². The number of rotatable bonds is 8. The number of aryl methyl sites for hydroxylation is 2. The monoisotopic (exact) mass is 636 g/mol. The van der Waals surface area contributed by atoms with Gasteiger partial charge in [0, 0.05) is 27.0 Å². The number of hydrogen-bond donors (Lipinski definition) is 1. The van der Waals surface area contributed by atoms with Crippen molar-refractivity contribution >= 4 is 74.2 Å². The Morgan fingerprint density at radius 3 is 2.25 bits per heavy atom. The van der Waals surface area contributed by atoms with E-state index in [2.05, 4.69) is 10.5 Å². The minimum atomic E-state index is -4.15. The third-order valence-electron chi connectivity index (χ3n) is 6.07. The lowest BCUT2D eigenvalue weighted by atomic mass is 10.2. The molecular formula is C28H24Cl4N4O3S. The maximum absolute atomic E-state index is 13.6. The molecule has 1 amide bonds. The molecule has 12 heteroatoms. The van der Waals surface area contributed by atoms with Crippen LogP contribution in [0, 0.1) is 20.8 Å². The van der Waals surface area contributed by atoms with Crippen LogP contribution in [0.1, 0.15) is 22.5 Å². The van der Waals surface area contributed by atoms with Crippen LogP contribution in [-0.4, -0.2) is 31.7 Å². The SMILES string of the molecule is Cc1ccc(S(=O)(=O)N(CC(=O)N/N=C/c2cc(C)n(-c3cccc(Cl)c3Cl)c2C)c2cc(Cl)cc(Cl)c2)cc1. The third-order valence-corrected chi connectivity index (χ3v) is 9.10.